The molecule has 1 heterocycles. The Kier molecular flexibility index (Phi) is 2.32. The maximum absolute atomic E-state index is 3.52. The van der Waals surface area contributed by atoms with Gasteiger partial charge in [0.25, 0.3) is 0 Å². The van der Waals surface area contributed by atoms with Gasteiger partial charge in [0.15, 0.2) is 0 Å². The van der Waals surface area contributed by atoms with E-state index in [4.69, 9.17) is 0 Å². The van der Waals surface area contributed by atoms with Gasteiger partial charge in [-0.05, 0) is 27.7 Å². The molecule has 4 atom stereocenters. The van der Waals surface area contributed by atoms with Gasteiger partial charge in [-0.25, -0.2) is 0 Å². The van der Waals surface area contributed by atoms with Gasteiger partial charge in [0.2, 0.25) is 0 Å². The van der Waals surface area contributed by atoms with Gasteiger partial charge in [-0.1, -0.05) is 0 Å². The summed E-state index contributed by atoms with van der Waals surface area (Å²) in [6.07, 6.45) is 0. The molecule has 0 spiro atoms. The minimum Gasteiger partial charge on any atom is -0.309 e. The fourth-order valence-electron chi connectivity index (χ4n) is 1.41. The highest BCUT2D eigenvalue weighted by atomic mass is 15.1. The Balaban J connectivity index is 2.46. The van der Waals surface area contributed by atoms with Gasteiger partial charge in [0.05, 0.1) is 0 Å². The van der Waals surface area contributed by atoms with Gasteiger partial charge in [-0.2, -0.15) is 0 Å². The topological polar surface area (TPSA) is 24.1 Å². The predicted molar refractivity (Wildman–Crippen MR) is 44.1 cm³/mol. The first-order valence-corrected chi connectivity index (χ1v) is 4.13. The normalized spacial score (nSPS) is 49.2. The van der Waals surface area contributed by atoms with Gasteiger partial charge < -0.3 is 10.6 Å². The van der Waals surface area contributed by atoms with Crippen molar-refractivity contribution in [2.75, 3.05) is 0 Å². The third-order valence-corrected chi connectivity index (χ3v) is 2.55. The van der Waals surface area contributed by atoms with Crippen LogP contribution in [0.5, 0.6) is 0 Å². The minimum absolute atomic E-state index is 0.603. The van der Waals surface area contributed by atoms with Gasteiger partial charge in [-0.3, -0.25) is 0 Å². The Morgan fingerprint density at radius 2 is 0.800 bits per heavy atom. The van der Waals surface area contributed by atoms with Crippen LogP contribution < -0.4 is 10.6 Å². The van der Waals surface area contributed by atoms with Crippen molar-refractivity contribution in [1.29, 1.82) is 0 Å². The highest BCUT2D eigenvalue weighted by molar-refractivity contribution is 4.89. The third kappa shape index (κ3) is 1.50. The van der Waals surface area contributed by atoms with Crippen LogP contribution in [0.15, 0.2) is 0 Å². The summed E-state index contributed by atoms with van der Waals surface area (Å²) >= 11 is 0. The second-order valence-corrected chi connectivity index (χ2v) is 3.49. The highest BCUT2D eigenvalue weighted by Crippen LogP contribution is 2.05. The van der Waals surface area contributed by atoms with Gasteiger partial charge in [0.1, 0.15) is 0 Å². The quantitative estimate of drug-likeness (QED) is 0.521. The fourth-order valence-corrected chi connectivity index (χ4v) is 1.41. The molecule has 0 amide bonds. The van der Waals surface area contributed by atoms with E-state index in [1.165, 1.54) is 0 Å². The van der Waals surface area contributed by atoms with E-state index in [1.807, 2.05) is 0 Å². The summed E-state index contributed by atoms with van der Waals surface area (Å²) in [6, 6.07) is 2.41. The van der Waals surface area contributed by atoms with Crippen LogP contribution in [-0.2, 0) is 0 Å². The van der Waals surface area contributed by atoms with Crippen LogP contribution in [0.25, 0.3) is 0 Å². The predicted octanol–water partition coefficient (Wildman–Crippen LogP) is 0.733. The van der Waals surface area contributed by atoms with E-state index in [1.54, 1.807) is 0 Å². The number of nitrogens with one attached hydrogen (secondary N) is 2. The summed E-state index contributed by atoms with van der Waals surface area (Å²) in [5, 5.41) is 7.03. The molecule has 1 aliphatic heterocycles. The van der Waals surface area contributed by atoms with E-state index >= 15 is 0 Å². The maximum Gasteiger partial charge on any atom is 0.0193 e. The Morgan fingerprint density at radius 1 is 0.600 bits per heavy atom. The molecule has 0 aromatic heterocycles. The highest BCUT2D eigenvalue weighted by Gasteiger charge is 2.25. The molecular formula is C8H18N2. The van der Waals surface area contributed by atoms with Gasteiger partial charge >= 0.3 is 0 Å². The van der Waals surface area contributed by atoms with Crippen LogP contribution in [0.1, 0.15) is 27.7 Å². The largest absolute Gasteiger partial charge is 0.309 e. The van der Waals surface area contributed by atoms with E-state index in [0.29, 0.717) is 24.2 Å². The number of hydrogen-bond donors (Lipinski definition) is 2. The van der Waals surface area contributed by atoms with E-state index in [2.05, 4.69) is 38.3 Å². The first-order chi connectivity index (χ1) is 4.61. The molecular weight excluding hydrogens is 124 g/mol. The summed E-state index contributed by atoms with van der Waals surface area (Å²) in [4.78, 5) is 0. The zero-order valence-corrected chi connectivity index (χ0v) is 7.31. The molecule has 0 radical (unpaired) electrons. The molecule has 1 saturated heterocycles. The monoisotopic (exact) mass is 142 g/mol. The molecule has 0 bridgehead atoms. The van der Waals surface area contributed by atoms with Crippen LogP contribution in [-0.4, -0.2) is 24.2 Å². The Hall–Kier alpha value is -0.0800. The zero-order valence-electron chi connectivity index (χ0n) is 7.31. The van der Waals surface area contributed by atoms with E-state index < -0.39 is 0 Å². The van der Waals surface area contributed by atoms with Crippen molar-refractivity contribution in [3.8, 4) is 0 Å². The SMILES string of the molecule is C[C@@H]1N[C@H](C)[C@@H](C)N[C@H]1C. The van der Waals surface area contributed by atoms with Crippen molar-refractivity contribution in [1.82, 2.24) is 10.6 Å². The summed E-state index contributed by atoms with van der Waals surface area (Å²) < 4.78 is 0. The molecule has 2 heteroatoms. The van der Waals surface area contributed by atoms with Crippen LogP contribution in [0, 0.1) is 0 Å². The third-order valence-electron chi connectivity index (χ3n) is 2.55. The standard InChI is InChI=1S/C8H18N2/c1-5-6(2)10-8(4)7(3)9-5/h5-10H,1-4H3/t5-,6-,7+,8+. The lowest BCUT2D eigenvalue weighted by Gasteiger charge is -2.38. The summed E-state index contributed by atoms with van der Waals surface area (Å²) in [7, 11) is 0. The van der Waals surface area contributed by atoms with Crippen molar-refractivity contribution in [2.24, 2.45) is 0 Å². The molecule has 0 aromatic rings. The van der Waals surface area contributed by atoms with Crippen molar-refractivity contribution in [2.45, 2.75) is 51.9 Å². The van der Waals surface area contributed by atoms with Gasteiger partial charge in [-0.15, -0.1) is 0 Å². The second-order valence-electron chi connectivity index (χ2n) is 3.49. The Morgan fingerprint density at radius 3 is 1.00 bits per heavy atom. The van der Waals surface area contributed by atoms with Gasteiger partial charge in [0, 0.05) is 24.2 Å². The molecule has 2 nitrogen and oxygen atoms in total. The van der Waals surface area contributed by atoms with Crippen LogP contribution in [0.2, 0.25) is 0 Å². The molecule has 2 N–H and O–H groups in total. The van der Waals surface area contributed by atoms with Crippen LogP contribution in [0.4, 0.5) is 0 Å². The first kappa shape index (κ1) is 8.02. The molecule has 1 fully saturated rings. The van der Waals surface area contributed by atoms with Crippen molar-refractivity contribution >= 4 is 0 Å². The lowest BCUT2D eigenvalue weighted by atomic mass is 10.0. The zero-order chi connectivity index (χ0) is 7.72. The van der Waals surface area contributed by atoms with Crippen molar-refractivity contribution in [3.05, 3.63) is 0 Å². The van der Waals surface area contributed by atoms with Crippen molar-refractivity contribution < 1.29 is 0 Å². The molecule has 0 aromatic carbocycles. The minimum atomic E-state index is 0.603. The molecule has 0 unspecified atom stereocenters. The summed E-state index contributed by atoms with van der Waals surface area (Å²) in [5.74, 6) is 0. The van der Waals surface area contributed by atoms with Crippen LogP contribution in [0.3, 0.4) is 0 Å². The first-order valence-electron chi connectivity index (χ1n) is 4.13. The number of hydrogen-bond acceptors (Lipinski definition) is 2. The molecule has 60 valence electrons. The lowest BCUT2D eigenvalue weighted by Crippen LogP contribution is -2.62. The molecule has 10 heavy (non-hydrogen) atoms. The fraction of sp³-hybridized carbons (Fsp3) is 1.00. The summed E-state index contributed by atoms with van der Waals surface area (Å²) in [5.41, 5.74) is 0. The lowest BCUT2D eigenvalue weighted by molar-refractivity contribution is 0.250. The smallest absolute Gasteiger partial charge is 0.0193 e. The molecule has 0 saturated carbocycles. The Labute approximate surface area is 63.4 Å². The average molecular weight is 142 g/mol. The molecule has 1 aliphatic rings. The van der Waals surface area contributed by atoms with Crippen LogP contribution >= 0.6 is 0 Å². The second kappa shape index (κ2) is 2.89. The molecule has 0 aliphatic carbocycles. The molecule has 1 rings (SSSR count). The van der Waals surface area contributed by atoms with E-state index in [0.717, 1.165) is 0 Å². The number of rotatable bonds is 0. The average Bonchev–Trinajstić information content (AvgIpc) is 1.84. The number of piperazine rings is 1. The Bertz CT molecular complexity index is 87.8. The summed E-state index contributed by atoms with van der Waals surface area (Å²) in [6.45, 7) is 8.89. The van der Waals surface area contributed by atoms with Crippen molar-refractivity contribution in [3.63, 3.8) is 0 Å². The maximum atomic E-state index is 3.52. The van der Waals surface area contributed by atoms with E-state index in [9.17, 15) is 0 Å². The van der Waals surface area contributed by atoms with E-state index in [-0.39, 0.29) is 0 Å².